The van der Waals surface area contributed by atoms with Crippen LogP contribution in [0.25, 0.3) is 0 Å². The standard InChI is InChI=1S/C17H20ClN3O2S/c1-4-12-9-15(22)21-17(19-12)24-14(5-2)16(23)20-13-8-11(18)7-6-10(13)3/h6-9,14H,4-5H2,1-3H3,(H,20,23)(H,19,21,22). The van der Waals surface area contributed by atoms with Gasteiger partial charge >= 0.3 is 0 Å². The highest BCUT2D eigenvalue weighted by Crippen LogP contribution is 2.25. The summed E-state index contributed by atoms with van der Waals surface area (Å²) in [5, 5.41) is 3.57. The lowest BCUT2D eigenvalue weighted by Gasteiger charge is -2.15. The average Bonchev–Trinajstić information content (AvgIpc) is 2.55. The van der Waals surface area contributed by atoms with Gasteiger partial charge in [-0.05, 0) is 37.5 Å². The van der Waals surface area contributed by atoms with E-state index in [1.54, 1.807) is 12.1 Å². The van der Waals surface area contributed by atoms with Gasteiger partial charge in [0.05, 0.1) is 5.25 Å². The Hall–Kier alpha value is -1.79. The zero-order chi connectivity index (χ0) is 17.7. The van der Waals surface area contributed by atoms with E-state index in [2.05, 4.69) is 15.3 Å². The topological polar surface area (TPSA) is 74.8 Å². The zero-order valence-electron chi connectivity index (χ0n) is 13.9. The van der Waals surface area contributed by atoms with Gasteiger partial charge in [0.1, 0.15) is 0 Å². The van der Waals surface area contributed by atoms with Crippen molar-refractivity contribution in [2.45, 2.75) is 44.0 Å². The second-order valence-corrected chi connectivity index (χ2v) is 6.99. The Labute approximate surface area is 150 Å². The molecule has 0 aliphatic rings. The maximum absolute atomic E-state index is 12.6. The summed E-state index contributed by atoms with van der Waals surface area (Å²) in [5.41, 5.74) is 2.13. The highest BCUT2D eigenvalue weighted by atomic mass is 35.5. The number of anilines is 1. The fourth-order valence-corrected chi connectivity index (χ4v) is 3.22. The van der Waals surface area contributed by atoms with Crippen LogP contribution in [0.5, 0.6) is 0 Å². The molecule has 1 unspecified atom stereocenters. The van der Waals surface area contributed by atoms with E-state index < -0.39 is 0 Å². The van der Waals surface area contributed by atoms with Crippen LogP contribution in [0.3, 0.4) is 0 Å². The number of hydrogen-bond donors (Lipinski definition) is 2. The van der Waals surface area contributed by atoms with Crippen molar-refractivity contribution in [1.82, 2.24) is 9.97 Å². The van der Waals surface area contributed by atoms with Crippen molar-refractivity contribution in [2.24, 2.45) is 0 Å². The van der Waals surface area contributed by atoms with Crippen molar-refractivity contribution in [3.05, 3.63) is 50.9 Å². The van der Waals surface area contributed by atoms with Crippen molar-refractivity contribution in [1.29, 1.82) is 0 Å². The minimum atomic E-state index is -0.362. The first-order valence-corrected chi connectivity index (χ1v) is 9.02. The van der Waals surface area contributed by atoms with Crippen LogP contribution in [0.1, 0.15) is 31.5 Å². The summed E-state index contributed by atoms with van der Waals surface area (Å²) in [4.78, 5) is 31.3. The molecule has 0 radical (unpaired) electrons. The van der Waals surface area contributed by atoms with Crippen molar-refractivity contribution in [3.8, 4) is 0 Å². The Balaban J connectivity index is 2.16. The van der Waals surface area contributed by atoms with E-state index in [1.807, 2.05) is 26.8 Å². The van der Waals surface area contributed by atoms with Crippen LogP contribution < -0.4 is 10.9 Å². The summed E-state index contributed by atoms with van der Waals surface area (Å²) in [6, 6.07) is 6.84. The molecule has 0 saturated heterocycles. The predicted molar refractivity (Wildman–Crippen MR) is 99.0 cm³/mol. The summed E-state index contributed by atoms with van der Waals surface area (Å²) in [7, 11) is 0. The van der Waals surface area contributed by atoms with Crippen LogP contribution in [-0.2, 0) is 11.2 Å². The van der Waals surface area contributed by atoms with Gasteiger partial charge in [0.2, 0.25) is 5.91 Å². The Morgan fingerprint density at radius 3 is 2.79 bits per heavy atom. The molecule has 7 heteroatoms. The zero-order valence-corrected chi connectivity index (χ0v) is 15.4. The lowest BCUT2D eigenvalue weighted by molar-refractivity contribution is -0.115. The van der Waals surface area contributed by atoms with Gasteiger partial charge < -0.3 is 10.3 Å². The Morgan fingerprint density at radius 1 is 1.38 bits per heavy atom. The monoisotopic (exact) mass is 365 g/mol. The number of carbonyl (C=O) groups is 1. The molecular formula is C17H20ClN3O2S. The molecule has 1 amide bonds. The number of halogens is 1. The molecule has 5 nitrogen and oxygen atoms in total. The van der Waals surface area contributed by atoms with Crippen LogP contribution in [0.4, 0.5) is 5.69 Å². The van der Waals surface area contributed by atoms with Gasteiger partial charge in [0.25, 0.3) is 5.56 Å². The number of nitrogens with zero attached hydrogens (tertiary/aromatic N) is 1. The number of H-pyrrole nitrogens is 1. The average molecular weight is 366 g/mol. The molecule has 24 heavy (non-hydrogen) atoms. The maximum Gasteiger partial charge on any atom is 0.251 e. The van der Waals surface area contributed by atoms with Gasteiger partial charge in [0, 0.05) is 22.5 Å². The van der Waals surface area contributed by atoms with Crippen molar-refractivity contribution >= 4 is 35.0 Å². The van der Waals surface area contributed by atoms with E-state index >= 15 is 0 Å². The van der Waals surface area contributed by atoms with Gasteiger partial charge in [-0.25, -0.2) is 4.98 Å². The minimum Gasteiger partial charge on any atom is -0.325 e. The lowest BCUT2D eigenvalue weighted by atomic mass is 10.2. The molecule has 2 N–H and O–H groups in total. The van der Waals surface area contributed by atoms with Crippen LogP contribution >= 0.6 is 23.4 Å². The molecule has 0 bridgehead atoms. The quantitative estimate of drug-likeness (QED) is 0.603. The Bertz CT molecular complexity index is 792. The van der Waals surface area contributed by atoms with Gasteiger partial charge in [-0.3, -0.25) is 9.59 Å². The highest BCUT2D eigenvalue weighted by Gasteiger charge is 2.20. The normalized spacial score (nSPS) is 12.0. The van der Waals surface area contributed by atoms with Crippen molar-refractivity contribution < 1.29 is 4.79 Å². The SMILES string of the molecule is CCc1cc(=O)[nH]c(SC(CC)C(=O)Nc2cc(Cl)ccc2C)n1. The van der Waals surface area contributed by atoms with E-state index in [0.717, 1.165) is 5.56 Å². The molecule has 1 aromatic heterocycles. The largest absolute Gasteiger partial charge is 0.325 e. The number of rotatable bonds is 6. The van der Waals surface area contributed by atoms with Crippen molar-refractivity contribution in [2.75, 3.05) is 5.32 Å². The van der Waals surface area contributed by atoms with Gasteiger partial charge in [-0.15, -0.1) is 0 Å². The number of aryl methyl sites for hydroxylation is 2. The fourth-order valence-electron chi connectivity index (χ4n) is 2.12. The molecule has 0 spiro atoms. The van der Waals surface area contributed by atoms with Crippen LogP contribution in [0.15, 0.2) is 34.2 Å². The molecule has 2 aromatic rings. The third-order valence-electron chi connectivity index (χ3n) is 3.51. The number of amides is 1. The van der Waals surface area contributed by atoms with Gasteiger partial charge in [-0.2, -0.15) is 0 Å². The molecule has 2 rings (SSSR count). The summed E-state index contributed by atoms with van der Waals surface area (Å²) in [5.74, 6) is -0.141. The third kappa shape index (κ3) is 4.85. The summed E-state index contributed by atoms with van der Waals surface area (Å²) < 4.78 is 0. The molecule has 0 fully saturated rings. The number of thioether (sulfide) groups is 1. The summed E-state index contributed by atoms with van der Waals surface area (Å²) in [6.07, 6.45) is 1.28. The van der Waals surface area contributed by atoms with Gasteiger partial charge in [-0.1, -0.05) is 43.3 Å². The highest BCUT2D eigenvalue weighted by molar-refractivity contribution is 8.00. The first kappa shape index (κ1) is 18.5. The number of benzene rings is 1. The molecule has 0 saturated carbocycles. The lowest BCUT2D eigenvalue weighted by Crippen LogP contribution is -2.25. The predicted octanol–water partition coefficient (Wildman–Crippen LogP) is 3.80. The van der Waals surface area contributed by atoms with E-state index in [-0.39, 0.29) is 16.7 Å². The Kier molecular flexibility index (Phi) is 6.45. The second kappa shape index (κ2) is 8.35. The van der Waals surface area contributed by atoms with Gasteiger partial charge in [0.15, 0.2) is 5.16 Å². The molecule has 0 aliphatic heterocycles. The second-order valence-electron chi connectivity index (χ2n) is 5.36. The van der Waals surface area contributed by atoms with Crippen molar-refractivity contribution in [3.63, 3.8) is 0 Å². The molecular weight excluding hydrogens is 346 g/mol. The van der Waals surface area contributed by atoms with Crippen LogP contribution in [0, 0.1) is 6.92 Å². The molecule has 0 aliphatic carbocycles. The van der Waals surface area contributed by atoms with E-state index in [1.165, 1.54) is 17.8 Å². The molecule has 128 valence electrons. The Morgan fingerprint density at radius 2 is 2.12 bits per heavy atom. The third-order valence-corrected chi connectivity index (χ3v) is 4.99. The van der Waals surface area contributed by atoms with E-state index in [4.69, 9.17) is 11.6 Å². The number of aromatic amines is 1. The number of nitrogens with one attached hydrogen (secondary N) is 2. The summed E-state index contributed by atoms with van der Waals surface area (Å²) in [6.45, 7) is 5.76. The number of aromatic nitrogens is 2. The maximum atomic E-state index is 12.6. The molecule has 1 heterocycles. The van der Waals surface area contributed by atoms with Crippen LogP contribution in [-0.4, -0.2) is 21.1 Å². The minimum absolute atomic E-state index is 0.141. The van der Waals surface area contributed by atoms with Crippen LogP contribution in [0.2, 0.25) is 5.02 Å². The number of carbonyl (C=O) groups excluding carboxylic acids is 1. The first-order chi connectivity index (χ1) is 11.4. The smallest absolute Gasteiger partial charge is 0.251 e. The fraction of sp³-hybridized carbons (Fsp3) is 0.353. The molecule has 1 atom stereocenters. The first-order valence-electron chi connectivity index (χ1n) is 7.76. The summed E-state index contributed by atoms with van der Waals surface area (Å²) >= 11 is 7.25. The van der Waals surface area contributed by atoms with E-state index in [9.17, 15) is 9.59 Å². The molecule has 1 aromatic carbocycles. The van der Waals surface area contributed by atoms with E-state index in [0.29, 0.717) is 34.4 Å². The number of hydrogen-bond acceptors (Lipinski definition) is 4.